The predicted molar refractivity (Wildman–Crippen MR) is 104 cm³/mol. The Morgan fingerprint density at radius 1 is 1.45 bits per heavy atom. The van der Waals surface area contributed by atoms with Gasteiger partial charge in [-0.2, -0.15) is 5.10 Å². The van der Waals surface area contributed by atoms with Gasteiger partial charge in [-0.1, -0.05) is 17.9 Å². The van der Waals surface area contributed by atoms with Gasteiger partial charge >= 0.3 is 6.03 Å². The number of ether oxygens (including phenoxy) is 1. The average Bonchev–Trinajstić information content (AvgIpc) is 3.18. The van der Waals surface area contributed by atoms with Crippen molar-refractivity contribution < 1.29 is 19.1 Å². The van der Waals surface area contributed by atoms with Gasteiger partial charge in [-0.15, -0.1) is 0 Å². The number of benzene rings is 1. The molecule has 0 saturated heterocycles. The Morgan fingerprint density at radius 3 is 2.90 bits per heavy atom. The zero-order valence-corrected chi connectivity index (χ0v) is 16.3. The summed E-state index contributed by atoms with van der Waals surface area (Å²) < 4.78 is 5.19. The van der Waals surface area contributed by atoms with Gasteiger partial charge in [0.2, 0.25) is 6.41 Å². The SMILES string of the molecule is COc1ccc2c(c1)C(=O)N(C[C@@H](C#Cc1c(C)n[nH]c1C)NC(=O)NC=O)C2. The second-order valence-electron chi connectivity index (χ2n) is 6.58. The van der Waals surface area contributed by atoms with Gasteiger partial charge in [0.05, 0.1) is 24.9 Å². The van der Waals surface area contributed by atoms with Crippen LogP contribution >= 0.6 is 0 Å². The van der Waals surface area contributed by atoms with Gasteiger partial charge in [0, 0.05) is 17.8 Å². The molecule has 0 spiro atoms. The number of rotatable bonds is 5. The van der Waals surface area contributed by atoms with Crippen LogP contribution in [0.1, 0.15) is 32.9 Å². The summed E-state index contributed by atoms with van der Waals surface area (Å²) in [6.45, 7) is 4.23. The number of amides is 4. The van der Waals surface area contributed by atoms with Crippen LogP contribution in [0, 0.1) is 25.7 Å². The maximum atomic E-state index is 12.8. The lowest BCUT2D eigenvalue weighted by molar-refractivity contribution is -0.108. The van der Waals surface area contributed by atoms with E-state index in [2.05, 4.69) is 27.4 Å². The van der Waals surface area contributed by atoms with Crippen molar-refractivity contribution in [2.24, 2.45) is 0 Å². The fourth-order valence-corrected chi connectivity index (χ4v) is 3.11. The number of imide groups is 1. The molecule has 3 rings (SSSR count). The van der Waals surface area contributed by atoms with E-state index in [1.54, 1.807) is 24.1 Å². The van der Waals surface area contributed by atoms with Gasteiger partial charge in [0.15, 0.2) is 0 Å². The van der Waals surface area contributed by atoms with E-state index in [0.717, 1.165) is 22.5 Å². The summed E-state index contributed by atoms with van der Waals surface area (Å²) in [5, 5.41) is 11.6. The number of aromatic amines is 1. The summed E-state index contributed by atoms with van der Waals surface area (Å²) in [6.07, 6.45) is 0.285. The molecule has 1 aliphatic heterocycles. The average molecular weight is 395 g/mol. The first kappa shape index (κ1) is 19.9. The summed E-state index contributed by atoms with van der Waals surface area (Å²) in [7, 11) is 1.54. The minimum atomic E-state index is -0.691. The number of aromatic nitrogens is 2. The van der Waals surface area contributed by atoms with Gasteiger partial charge < -0.3 is 15.0 Å². The number of H-pyrrole nitrogens is 1. The minimum Gasteiger partial charge on any atom is -0.497 e. The molecule has 3 N–H and O–H groups in total. The predicted octanol–water partition coefficient (Wildman–Crippen LogP) is 0.867. The second kappa shape index (κ2) is 8.48. The summed E-state index contributed by atoms with van der Waals surface area (Å²) in [6, 6.07) is 3.96. The molecule has 9 nitrogen and oxygen atoms in total. The topological polar surface area (TPSA) is 116 Å². The fraction of sp³-hybridized carbons (Fsp3) is 0.300. The van der Waals surface area contributed by atoms with Gasteiger partial charge in [-0.3, -0.25) is 20.0 Å². The molecule has 1 aromatic carbocycles. The molecular formula is C20H21N5O4. The van der Waals surface area contributed by atoms with E-state index in [4.69, 9.17) is 4.74 Å². The lowest BCUT2D eigenvalue weighted by atomic mass is 10.1. The lowest BCUT2D eigenvalue weighted by Gasteiger charge is -2.21. The smallest absolute Gasteiger partial charge is 0.322 e. The van der Waals surface area contributed by atoms with Crippen LogP contribution in [0.3, 0.4) is 0 Å². The highest BCUT2D eigenvalue weighted by Gasteiger charge is 2.29. The van der Waals surface area contributed by atoms with Crippen LogP contribution in [0.2, 0.25) is 0 Å². The Labute approximate surface area is 167 Å². The molecule has 0 radical (unpaired) electrons. The highest BCUT2D eigenvalue weighted by atomic mass is 16.5. The molecule has 9 heteroatoms. The van der Waals surface area contributed by atoms with E-state index >= 15 is 0 Å². The number of carbonyl (C=O) groups excluding carboxylic acids is 3. The number of hydrogen-bond donors (Lipinski definition) is 3. The van der Waals surface area contributed by atoms with Crippen molar-refractivity contribution in [3.05, 3.63) is 46.3 Å². The molecule has 0 unspecified atom stereocenters. The Balaban J connectivity index is 1.81. The van der Waals surface area contributed by atoms with Crippen LogP contribution in [0.4, 0.5) is 4.79 Å². The summed E-state index contributed by atoms with van der Waals surface area (Å²) in [5.41, 5.74) is 3.72. The number of nitrogens with zero attached hydrogens (tertiary/aromatic N) is 2. The monoisotopic (exact) mass is 395 g/mol. The number of nitrogens with one attached hydrogen (secondary N) is 3. The van der Waals surface area contributed by atoms with Crippen molar-refractivity contribution in [3.8, 4) is 17.6 Å². The van der Waals surface area contributed by atoms with Crippen molar-refractivity contribution in [1.29, 1.82) is 0 Å². The Bertz CT molecular complexity index is 998. The molecule has 150 valence electrons. The molecule has 0 bridgehead atoms. The fourth-order valence-electron chi connectivity index (χ4n) is 3.11. The number of aryl methyl sites for hydroxylation is 2. The first-order chi connectivity index (χ1) is 13.9. The molecule has 1 atom stereocenters. The van der Waals surface area contributed by atoms with Gasteiger partial charge in [0.25, 0.3) is 5.91 Å². The third kappa shape index (κ3) is 4.38. The third-order valence-corrected chi connectivity index (χ3v) is 4.59. The molecule has 0 saturated carbocycles. The largest absolute Gasteiger partial charge is 0.497 e. The van der Waals surface area contributed by atoms with Crippen molar-refractivity contribution in [1.82, 2.24) is 25.7 Å². The minimum absolute atomic E-state index is 0.158. The van der Waals surface area contributed by atoms with E-state index in [1.807, 2.05) is 25.2 Å². The van der Waals surface area contributed by atoms with Crippen molar-refractivity contribution in [3.63, 3.8) is 0 Å². The summed E-state index contributed by atoms with van der Waals surface area (Å²) in [5.74, 6) is 6.41. The van der Waals surface area contributed by atoms with Crippen LogP contribution < -0.4 is 15.4 Å². The van der Waals surface area contributed by atoms with Gasteiger partial charge in [0.1, 0.15) is 11.8 Å². The Hall–Kier alpha value is -3.80. The number of urea groups is 1. The van der Waals surface area contributed by atoms with Crippen LogP contribution in [0.25, 0.3) is 0 Å². The van der Waals surface area contributed by atoms with E-state index < -0.39 is 12.1 Å². The number of fused-ring (bicyclic) bond motifs is 1. The first-order valence-electron chi connectivity index (χ1n) is 8.93. The quantitative estimate of drug-likeness (QED) is 0.513. The number of methoxy groups -OCH3 is 1. The van der Waals surface area contributed by atoms with Crippen molar-refractivity contribution in [2.45, 2.75) is 26.4 Å². The molecule has 0 aliphatic carbocycles. The van der Waals surface area contributed by atoms with E-state index in [9.17, 15) is 14.4 Å². The zero-order valence-electron chi connectivity index (χ0n) is 16.3. The van der Waals surface area contributed by atoms with Crippen molar-refractivity contribution in [2.75, 3.05) is 13.7 Å². The maximum absolute atomic E-state index is 12.8. The van der Waals surface area contributed by atoms with E-state index in [1.165, 1.54) is 0 Å². The van der Waals surface area contributed by atoms with Crippen LogP contribution in [-0.2, 0) is 11.3 Å². The number of carbonyl (C=O) groups is 3. The molecule has 4 amide bonds. The van der Waals surface area contributed by atoms with Gasteiger partial charge in [-0.25, -0.2) is 4.79 Å². The Morgan fingerprint density at radius 2 is 2.24 bits per heavy atom. The molecule has 29 heavy (non-hydrogen) atoms. The van der Waals surface area contributed by atoms with Crippen LogP contribution in [-0.4, -0.2) is 53.1 Å². The van der Waals surface area contributed by atoms with Crippen molar-refractivity contribution >= 4 is 18.3 Å². The number of hydrogen-bond acceptors (Lipinski definition) is 5. The highest BCUT2D eigenvalue weighted by Crippen LogP contribution is 2.26. The second-order valence-corrected chi connectivity index (χ2v) is 6.58. The molecule has 1 aromatic heterocycles. The van der Waals surface area contributed by atoms with Crippen LogP contribution in [0.5, 0.6) is 5.75 Å². The molecule has 0 fully saturated rings. The highest BCUT2D eigenvalue weighted by molar-refractivity contribution is 5.98. The summed E-state index contributed by atoms with van der Waals surface area (Å²) >= 11 is 0. The zero-order chi connectivity index (χ0) is 21.0. The standard InChI is InChI=1S/C20H21N5O4/c1-12-17(13(2)24-23-12)7-5-15(22-20(28)21-11-26)10-25-9-14-4-6-16(29-3)8-18(14)19(25)27/h4,6,8,11,15H,9-10H2,1-3H3,(H,23,24)(H2,21,22,26,28)/t15-/m1/s1. The van der Waals surface area contributed by atoms with Crippen LogP contribution in [0.15, 0.2) is 18.2 Å². The normalized spacial score (nSPS) is 13.2. The molecule has 2 aromatic rings. The molecular weight excluding hydrogens is 374 g/mol. The third-order valence-electron chi connectivity index (χ3n) is 4.59. The Kier molecular flexibility index (Phi) is 5.83. The maximum Gasteiger partial charge on any atom is 0.322 e. The first-order valence-corrected chi connectivity index (χ1v) is 8.93. The molecule has 1 aliphatic rings. The van der Waals surface area contributed by atoms with E-state index in [-0.39, 0.29) is 18.9 Å². The lowest BCUT2D eigenvalue weighted by Crippen LogP contribution is -2.46. The summed E-state index contributed by atoms with van der Waals surface area (Å²) in [4.78, 5) is 36.8. The molecule has 2 heterocycles. The van der Waals surface area contributed by atoms with Gasteiger partial charge in [-0.05, 0) is 31.5 Å². The van der Waals surface area contributed by atoms with E-state index in [0.29, 0.717) is 17.9 Å².